The fourth-order valence-electron chi connectivity index (χ4n) is 1.25. The molecule has 74 valence electrons. The van der Waals surface area contributed by atoms with Crippen LogP contribution in [0.15, 0.2) is 26.7 Å². The van der Waals surface area contributed by atoms with Crippen LogP contribution in [0.2, 0.25) is 0 Å². The number of hydrogen-bond acceptors (Lipinski definition) is 2. The summed E-state index contributed by atoms with van der Waals surface area (Å²) in [6.07, 6.45) is 0. The smallest absolute Gasteiger partial charge is 0.0938 e. The van der Waals surface area contributed by atoms with Gasteiger partial charge in [-0.05, 0) is 56.9 Å². The Morgan fingerprint density at radius 2 is 2.14 bits per heavy atom. The standard InChI is InChI=1S/C10H8BrClS2/c1-6-4-13-5-7(6)10(12)8-2-3-9(11)14-8/h2-5,10H,1H3. The normalized spacial score (nSPS) is 13.1. The molecule has 0 saturated heterocycles. The van der Waals surface area contributed by atoms with Crippen LogP contribution in [-0.4, -0.2) is 0 Å². The summed E-state index contributed by atoms with van der Waals surface area (Å²) in [5.41, 5.74) is 2.51. The molecule has 0 aromatic carbocycles. The lowest BCUT2D eigenvalue weighted by atomic mass is 10.1. The van der Waals surface area contributed by atoms with Crippen LogP contribution >= 0.6 is 50.2 Å². The molecular weight excluding hydrogens is 300 g/mol. The van der Waals surface area contributed by atoms with Gasteiger partial charge in [-0.1, -0.05) is 0 Å². The second-order valence-electron chi connectivity index (χ2n) is 3.01. The topological polar surface area (TPSA) is 0 Å². The largest absolute Gasteiger partial charge is 0.152 e. The summed E-state index contributed by atoms with van der Waals surface area (Å²) < 4.78 is 1.13. The third kappa shape index (κ3) is 2.06. The van der Waals surface area contributed by atoms with Crippen LogP contribution in [0, 0.1) is 6.92 Å². The molecule has 2 aromatic rings. The van der Waals surface area contributed by atoms with Gasteiger partial charge in [0.2, 0.25) is 0 Å². The van der Waals surface area contributed by atoms with Gasteiger partial charge in [0.15, 0.2) is 0 Å². The molecule has 0 saturated carbocycles. The first-order valence-corrected chi connectivity index (χ1v) is 7.09. The Hall–Kier alpha value is 0.170. The average Bonchev–Trinajstić information content (AvgIpc) is 2.73. The Kier molecular flexibility index (Phi) is 3.32. The van der Waals surface area contributed by atoms with E-state index in [2.05, 4.69) is 39.7 Å². The second-order valence-corrected chi connectivity index (χ2v) is 6.69. The van der Waals surface area contributed by atoms with Crippen molar-refractivity contribution in [1.82, 2.24) is 0 Å². The van der Waals surface area contributed by atoms with Gasteiger partial charge < -0.3 is 0 Å². The van der Waals surface area contributed by atoms with Crippen LogP contribution in [-0.2, 0) is 0 Å². The third-order valence-corrected chi connectivity index (χ3v) is 5.18. The summed E-state index contributed by atoms with van der Waals surface area (Å²) in [6, 6.07) is 4.11. The molecule has 1 unspecified atom stereocenters. The molecule has 4 heteroatoms. The maximum Gasteiger partial charge on any atom is 0.0938 e. The molecule has 0 N–H and O–H groups in total. The van der Waals surface area contributed by atoms with Crippen LogP contribution in [0.3, 0.4) is 0 Å². The second kappa shape index (κ2) is 4.35. The molecular formula is C10H8BrClS2. The molecule has 0 amide bonds. The van der Waals surface area contributed by atoms with Gasteiger partial charge in [-0.2, -0.15) is 11.3 Å². The van der Waals surface area contributed by atoms with Crippen molar-refractivity contribution in [3.63, 3.8) is 0 Å². The van der Waals surface area contributed by atoms with Crippen molar-refractivity contribution in [2.24, 2.45) is 0 Å². The van der Waals surface area contributed by atoms with Crippen LogP contribution < -0.4 is 0 Å². The lowest BCUT2D eigenvalue weighted by Crippen LogP contribution is -1.89. The van der Waals surface area contributed by atoms with Crippen molar-refractivity contribution in [1.29, 1.82) is 0 Å². The Morgan fingerprint density at radius 3 is 2.64 bits per heavy atom. The number of hydrogen-bond donors (Lipinski definition) is 0. The fraction of sp³-hybridized carbons (Fsp3) is 0.200. The molecule has 0 fully saturated rings. The zero-order valence-corrected chi connectivity index (χ0v) is 11.4. The highest BCUT2D eigenvalue weighted by Crippen LogP contribution is 2.37. The van der Waals surface area contributed by atoms with Crippen molar-refractivity contribution < 1.29 is 0 Å². The third-order valence-electron chi connectivity index (χ3n) is 2.01. The lowest BCUT2D eigenvalue weighted by Gasteiger charge is -2.05. The first kappa shape index (κ1) is 10.7. The number of halogens is 2. The van der Waals surface area contributed by atoms with Crippen LogP contribution in [0.1, 0.15) is 21.4 Å². The molecule has 0 aliphatic heterocycles. The van der Waals surface area contributed by atoms with Crippen molar-refractivity contribution >= 4 is 50.2 Å². The fourth-order valence-corrected chi connectivity index (χ4v) is 4.06. The van der Waals surface area contributed by atoms with Gasteiger partial charge >= 0.3 is 0 Å². The van der Waals surface area contributed by atoms with Crippen LogP contribution in [0.4, 0.5) is 0 Å². The van der Waals surface area contributed by atoms with Crippen molar-refractivity contribution in [3.8, 4) is 0 Å². The molecule has 0 aliphatic carbocycles. The quantitative estimate of drug-likeness (QED) is 0.668. The monoisotopic (exact) mass is 306 g/mol. The van der Waals surface area contributed by atoms with E-state index in [4.69, 9.17) is 11.6 Å². The van der Waals surface area contributed by atoms with Gasteiger partial charge in [0.05, 0.1) is 9.16 Å². The summed E-state index contributed by atoms with van der Waals surface area (Å²) >= 11 is 13.2. The Labute approximate surface area is 105 Å². The van der Waals surface area contributed by atoms with Crippen LogP contribution in [0.25, 0.3) is 0 Å². The molecule has 1 atom stereocenters. The van der Waals surface area contributed by atoms with Gasteiger partial charge in [-0.15, -0.1) is 22.9 Å². The summed E-state index contributed by atoms with van der Waals surface area (Å²) in [7, 11) is 0. The van der Waals surface area contributed by atoms with Crippen molar-refractivity contribution in [3.05, 3.63) is 42.7 Å². The summed E-state index contributed by atoms with van der Waals surface area (Å²) in [5, 5.41) is 4.26. The molecule has 14 heavy (non-hydrogen) atoms. The van der Waals surface area contributed by atoms with Crippen LogP contribution in [0.5, 0.6) is 0 Å². The van der Waals surface area contributed by atoms with Crippen molar-refractivity contribution in [2.45, 2.75) is 12.3 Å². The molecule has 0 nitrogen and oxygen atoms in total. The predicted octanol–water partition coefficient (Wildman–Crippen LogP) is 5.21. The van der Waals surface area contributed by atoms with E-state index in [0.29, 0.717) is 0 Å². The van der Waals surface area contributed by atoms with E-state index in [0.717, 1.165) is 3.79 Å². The Morgan fingerprint density at radius 1 is 1.36 bits per heavy atom. The highest BCUT2D eigenvalue weighted by molar-refractivity contribution is 9.11. The summed E-state index contributed by atoms with van der Waals surface area (Å²) in [6.45, 7) is 2.10. The Bertz CT molecular complexity index is 433. The maximum atomic E-state index is 6.39. The van der Waals surface area contributed by atoms with E-state index in [9.17, 15) is 0 Å². The number of alkyl halides is 1. The first-order chi connectivity index (χ1) is 6.68. The van der Waals surface area contributed by atoms with E-state index in [1.165, 1.54) is 16.0 Å². The minimum Gasteiger partial charge on any atom is -0.152 e. The van der Waals surface area contributed by atoms with Gasteiger partial charge in [0, 0.05) is 4.88 Å². The zero-order chi connectivity index (χ0) is 10.1. The maximum absolute atomic E-state index is 6.39. The van der Waals surface area contributed by atoms with Gasteiger partial charge in [0.1, 0.15) is 0 Å². The van der Waals surface area contributed by atoms with E-state index < -0.39 is 0 Å². The number of thiophene rings is 2. The van der Waals surface area contributed by atoms with Gasteiger partial charge in [0.25, 0.3) is 0 Å². The molecule has 2 heterocycles. The zero-order valence-electron chi connectivity index (χ0n) is 7.46. The highest BCUT2D eigenvalue weighted by Gasteiger charge is 2.15. The molecule has 2 rings (SSSR count). The molecule has 0 spiro atoms. The molecule has 0 aliphatic rings. The summed E-state index contributed by atoms with van der Waals surface area (Å²) in [5.74, 6) is 0. The highest BCUT2D eigenvalue weighted by atomic mass is 79.9. The lowest BCUT2D eigenvalue weighted by molar-refractivity contribution is 1.17. The van der Waals surface area contributed by atoms with Gasteiger partial charge in [-0.25, -0.2) is 0 Å². The number of aryl methyl sites for hydroxylation is 1. The Balaban J connectivity index is 2.33. The summed E-state index contributed by atoms with van der Waals surface area (Å²) in [4.78, 5) is 1.19. The first-order valence-electron chi connectivity index (χ1n) is 4.10. The molecule has 0 radical (unpaired) electrons. The van der Waals surface area contributed by atoms with E-state index in [1.54, 1.807) is 22.7 Å². The minimum atomic E-state index is -0.00227. The predicted molar refractivity (Wildman–Crippen MR) is 68.8 cm³/mol. The SMILES string of the molecule is Cc1cscc1C(Cl)c1ccc(Br)s1. The average molecular weight is 308 g/mol. The van der Waals surface area contributed by atoms with E-state index in [1.807, 2.05) is 6.07 Å². The number of rotatable bonds is 2. The minimum absolute atomic E-state index is 0.00227. The van der Waals surface area contributed by atoms with Gasteiger partial charge in [-0.3, -0.25) is 0 Å². The van der Waals surface area contributed by atoms with E-state index >= 15 is 0 Å². The van der Waals surface area contributed by atoms with E-state index in [-0.39, 0.29) is 5.38 Å². The molecule has 0 bridgehead atoms. The van der Waals surface area contributed by atoms with Crippen molar-refractivity contribution in [2.75, 3.05) is 0 Å². The molecule has 2 aromatic heterocycles.